The minimum atomic E-state index is -0.726. The fourth-order valence-electron chi connectivity index (χ4n) is 2.66. The molecule has 0 unspecified atom stereocenters. The normalized spacial score (nSPS) is 39.3. The standard InChI is InChI=1S/C15H20O4/c1-8-4-5-11(16)9(2)7-13-14(12(17)6-8)10(3)15(18)19-13/h7,11-14,16-17H,1,3-6H2,2H3/b9-7-/t11-,12-,13+,14+/m0/s1. The number of hydrogen-bond donors (Lipinski definition) is 2. The molecule has 0 radical (unpaired) electrons. The SMILES string of the molecule is C=C1CC[C@H](O)/C(C)=C\[C@H]2OC(=O)C(=C)[C@@H]2[C@@H](O)C1. The van der Waals surface area contributed by atoms with Gasteiger partial charge in [-0.05, 0) is 37.8 Å². The third-order valence-corrected chi connectivity index (χ3v) is 3.90. The molecule has 1 saturated heterocycles. The summed E-state index contributed by atoms with van der Waals surface area (Å²) in [5.74, 6) is -0.929. The minimum absolute atomic E-state index is 0.296. The number of aliphatic hydroxyl groups excluding tert-OH is 2. The smallest absolute Gasteiger partial charge is 0.334 e. The van der Waals surface area contributed by atoms with Crippen molar-refractivity contribution in [3.63, 3.8) is 0 Å². The van der Waals surface area contributed by atoms with Crippen molar-refractivity contribution < 1.29 is 19.7 Å². The van der Waals surface area contributed by atoms with Crippen molar-refractivity contribution in [3.8, 4) is 0 Å². The van der Waals surface area contributed by atoms with Gasteiger partial charge >= 0.3 is 5.97 Å². The van der Waals surface area contributed by atoms with E-state index in [9.17, 15) is 15.0 Å². The van der Waals surface area contributed by atoms with E-state index in [0.717, 1.165) is 11.1 Å². The molecule has 0 bridgehead atoms. The van der Waals surface area contributed by atoms with Gasteiger partial charge in [-0.25, -0.2) is 4.79 Å². The second-order valence-corrected chi connectivity index (χ2v) is 5.41. The van der Waals surface area contributed by atoms with Crippen LogP contribution in [0.1, 0.15) is 26.2 Å². The van der Waals surface area contributed by atoms with Gasteiger partial charge in [0.15, 0.2) is 0 Å². The molecule has 1 aliphatic carbocycles. The van der Waals surface area contributed by atoms with Gasteiger partial charge in [0, 0.05) is 5.57 Å². The van der Waals surface area contributed by atoms with Crippen LogP contribution in [0.2, 0.25) is 0 Å². The lowest BCUT2D eigenvalue weighted by atomic mass is 9.84. The van der Waals surface area contributed by atoms with Crippen LogP contribution in [0, 0.1) is 5.92 Å². The molecular formula is C15H20O4. The summed E-state index contributed by atoms with van der Waals surface area (Å²) >= 11 is 0. The van der Waals surface area contributed by atoms with E-state index in [-0.39, 0.29) is 0 Å². The molecule has 4 heteroatoms. The number of ether oxygens (including phenoxy) is 1. The van der Waals surface area contributed by atoms with Crippen LogP contribution in [0.15, 0.2) is 36.0 Å². The first-order valence-electron chi connectivity index (χ1n) is 6.51. The summed E-state index contributed by atoms with van der Waals surface area (Å²) in [4.78, 5) is 11.6. The molecule has 19 heavy (non-hydrogen) atoms. The van der Waals surface area contributed by atoms with Gasteiger partial charge in [0.25, 0.3) is 0 Å². The number of aliphatic hydroxyl groups is 2. The Balaban J connectivity index is 2.35. The highest BCUT2D eigenvalue weighted by molar-refractivity contribution is 5.91. The Morgan fingerprint density at radius 3 is 2.74 bits per heavy atom. The van der Waals surface area contributed by atoms with Crippen LogP contribution in [0.3, 0.4) is 0 Å². The van der Waals surface area contributed by atoms with Crippen molar-refractivity contribution in [1.29, 1.82) is 0 Å². The first kappa shape index (κ1) is 14.0. The predicted molar refractivity (Wildman–Crippen MR) is 71.3 cm³/mol. The summed E-state index contributed by atoms with van der Waals surface area (Å²) in [5, 5.41) is 20.3. The minimum Gasteiger partial charge on any atom is -0.454 e. The van der Waals surface area contributed by atoms with Crippen LogP contribution < -0.4 is 0 Å². The molecule has 0 spiro atoms. The van der Waals surface area contributed by atoms with Gasteiger partial charge < -0.3 is 14.9 Å². The quantitative estimate of drug-likeness (QED) is 0.395. The van der Waals surface area contributed by atoms with Gasteiger partial charge in [0.2, 0.25) is 0 Å². The largest absolute Gasteiger partial charge is 0.454 e. The van der Waals surface area contributed by atoms with Gasteiger partial charge in [-0.3, -0.25) is 0 Å². The number of fused-ring (bicyclic) bond motifs is 1. The van der Waals surface area contributed by atoms with Crippen molar-refractivity contribution in [2.75, 3.05) is 0 Å². The zero-order valence-electron chi connectivity index (χ0n) is 11.1. The van der Waals surface area contributed by atoms with E-state index < -0.39 is 30.2 Å². The maximum Gasteiger partial charge on any atom is 0.334 e. The van der Waals surface area contributed by atoms with Gasteiger partial charge in [-0.2, -0.15) is 0 Å². The highest BCUT2D eigenvalue weighted by atomic mass is 16.6. The summed E-state index contributed by atoms with van der Waals surface area (Å²) in [7, 11) is 0. The number of carbonyl (C=O) groups is 1. The van der Waals surface area contributed by atoms with Crippen LogP contribution in [-0.4, -0.2) is 34.5 Å². The summed E-state index contributed by atoms with van der Waals surface area (Å²) in [6.07, 6.45) is 1.51. The topological polar surface area (TPSA) is 66.8 Å². The molecule has 2 N–H and O–H groups in total. The van der Waals surface area contributed by atoms with Crippen LogP contribution >= 0.6 is 0 Å². The Labute approximate surface area is 113 Å². The molecular weight excluding hydrogens is 244 g/mol. The van der Waals surface area contributed by atoms with E-state index in [1.165, 1.54) is 0 Å². The number of carbonyl (C=O) groups excluding carboxylic acids is 1. The predicted octanol–water partition coefficient (Wildman–Crippen LogP) is 1.49. The molecule has 2 rings (SSSR count). The molecule has 104 valence electrons. The van der Waals surface area contributed by atoms with Crippen LogP contribution in [-0.2, 0) is 9.53 Å². The number of rotatable bonds is 0. The van der Waals surface area contributed by atoms with E-state index in [1.807, 2.05) is 0 Å². The average Bonchev–Trinajstić information content (AvgIpc) is 2.60. The Morgan fingerprint density at radius 2 is 2.05 bits per heavy atom. The Hall–Kier alpha value is -1.39. The summed E-state index contributed by atoms with van der Waals surface area (Å²) in [5.41, 5.74) is 1.91. The number of esters is 1. The third-order valence-electron chi connectivity index (χ3n) is 3.90. The van der Waals surface area contributed by atoms with Crippen molar-refractivity contribution in [2.45, 2.75) is 44.5 Å². The van der Waals surface area contributed by atoms with Crippen LogP contribution in [0.25, 0.3) is 0 Å². The summed E-state index contributed by atoms with van der Waals surface area (Å²) in [6.45, 7) is 9.42. The van der Waals surface area contributed by atoms with Crippen molar-refractivity contribution in [2.24, 2.45) is 5.92 Å². The highest BCUT2D eigenvalue weighted by Crippen LogP contribution is 2.35. The van der Waals surface area contributed by atoms with Gasteiger partial charge in [-0.15, -0.1) is 0 Å². The highest BCUT2D eigenvalue weighted by Gasteiger charge is 2.42. The lowest BCUT2D eigenvalue weighted by Crippen LogP contribution is -2.30. The Kier molecular flexibility index (Phi) is 3.92. The van der Waals surface area contributed by atoms with Gasteiger partial charge in [0.05, 0.1) is 18.1 Å². The molecule has 2 aliphatic rings. The zero-order valence-corrected chi connectivity index (χ0v) is 11.1. The molecule has 4 atom stereocenters. The molecule has 0 aromatic rings. The van der Waals surface area contributed by atoms with Gasteiger partial charge in [0.1, 0.15) is 6.10 Å². The lowest BCUT2D eigenvalue weighted by Gasteiger charge is -2.25. The lowest BCUT2D eigenvalue weighted by molar-refractivity contribution is -0.137. The molecule has 1 fully saturated rings. The molecule has 0 saturated carbocycles. The number of hydrogen-bond acceptors (Lipinski definition) is 4. The first-order valence-corrected chi connectivity index (χ1v) is 6.51. The first-order chi connectivity index (χ1) is 8.90. The van der Waals surface area contributed by atoms with Gasteiger partial charge in [-0.1, -0.05) is 18.7 Å². The van der Waals surface area contributed by atoms with E-state index in [1.54, 1.807) is 13.0 Å². The Morgan fingerprint density at radius 1 is 1.37 bits per heavy atom. The second-order valence-electron chi connectivity index (χ2n) is 5.41. The molecule has 1 aliphatic heterocycles. The Bertz CT molecular complexity index is 449. The fourth-order valence-corrected chi connectivity index (χ4v) is 2.66. The molecule has 0 amide bonds. The molecule has 0 aromatic heterocycles. The van der Waals surface area contributed by atoms with E-state index in [2.05, 4.69) is 13.2 Å². The average molecular weight is 264 g/mol. The molecule has 1 heterocycles. The zero-order chi connectivity index (χ0) is 14.2. The van der Waals surface area contributed by atoms with Crippen LogP contribution in [0.5, 0.6) is 0 Å². The summed E-state index contributed by atoms with van der Waals surface area (Å²) < 4.78 is 5.22. The van der Waals surface area contributed by atoms with E-state index in [0.29, 0.717) is 24.8 Å². The van der Waals surface area contributed by atoms with E-state index in [4.69, 9.17) is 4.74 Å². The van der Waals surface area contributed by atoms with Crippen molar-refractivity contribution in [1.82, 2.24) is 0 Å². The monoisotopic (exact) mass is 264 g/mol. The maximum absolute atomic E-state index is 11.6. The maximum atomic E-state index is 11.6. The van der Waals surface area contributed by atoms with Crippen LogP contribution in [0.4, 0.5) is 0 Å². The fraction of sp³-hybridized carbons (Fsp3) is 0.533. The summed E-state index contributed by atoms with van der Waals surface area (Å²) in [6, 6.07) is 0. The van der Waals surface area contributed by atoms with E-state index >= 15 is 0 Å². The van der Waals surface area contributed by atoms with Crippen molar-refractivity contribution in [3.05, 3.63) is 36.0 Å². The molecule has 0 aromatic carbocycles. The molecule has 4 nitrogen and oxygen atoms in total. The van der Waals surface area contributed by atoms with Crippen molar-refractivity contribution >= 4 is 5.97 Å². The third kappa shape index (κ3) is 2.80. The second kappa shape index (κ2) is 5.31.